The van der Waals surface area contributed by atoms with Gasteiger partial charge in [-0.15, -0.1) is 0 Å². The lowest BCUT2D eigenvalue weighted by molar-refractivity contribution is -0.118. The van der Waals surface area contributed by atoms with E-state index < -0.39 is 10.0 Å². The van der Waals surface area contributed by atoms with Crippen molar-refractivity contribution in [3.8, 4) is 0 Å². The van der Waals surface area contributed by atoms with Crippen LogP contribution in [0.4, 0.5) is 5.69 Å². The molecule has 32 heavy (non-hydrogen) atoms. The van der Waals surface area contributed by atoms with Crippen LogP contribution in [0.5, 0.6) is 0 Å². The average molecular weight is 464 g/mol. The number of amides is 1. The van der Waals surface area contributed by atoms with Crippen LogP contribution in [0, 0.1) is 25.2 Å². The summed E-state index contributed by atoms with van der Waals surface area (Å²) in [4.78, 5) is 14.9. The molecule has 1 spiro atoms. The lowest BCUT2D eigenvalue weighted by Crippen LogP contribution is -2.59. The summed E-state index contributed by atoms with van der Waals surface area (Å²) in [6.45, 7) is 14.7. The molecule has 2 saturated heterocycles. The van der Waals surface area contributed by atoms with Gasteiger partial charge in [-0.1, -0.05) is 32.0 Å². The maximum atomic E-state index is 13.1. The summed E-state index contributed by atoms with van der Waals surface area (Å²) in [6.07, 6.45) is 3.81. The predicted molar refractivity (Wildman–Crippen MR) is 131 cm³/mol. The van der Waals surface area contributed by atoms with Crippen LogP contribution in [0.15, 0.2) is 18.2 Å². The van der Waals surface area contributed by atoms with E-state index >= 15 is 0 Å². The van der Waals surface area contributed by atoms with Gasteiger partial charge in [-0.25, -0.2) is 8.42 Å². The maximum Gasteiger partial charge on any atom is 0.238 e. The fraction of sp³-hybridized carbons (Fsp3) is 0.720. The molecule has 1 N–H and O–H groups in total. The number of benzene rings is 1. The molecule has 1 aromatic carbocycles. The second-order valence-corrected chi connectivity index (χ2v) is 13.0. The van der Waals surface area contributed by atoms with Gasteiger partial charge in [-0.05, 0) is 88.9 Å². The number of carbonyl (C=O) groups excluding carboxylic acids is 1. The van der Waals surface area contributed by atoms with E-state index in [1.807, 2.05) is 45.9 Å². The van der Waals surface area contributed by atoms with E-state index in [1.165, 1.54) is 0 Å². The van der Waals surface area contributed by atoms with Gasteiger partial charge in [0.15, 0.2) is 0 Å². The highest BCUT2D eigenvalue weighted by Gasteiger charge is 2.48. The van der Waals surface area contributed by atoms with E-state index in [1.54, 1.807) is 4.31 Å². The van der Waals surface area contributed by atoms with E-state index in [2.05, 4.69) is 24.1 Å². The van der Waals surface area contributed by atoms with E-state index in [0.29, 0.717) is 13.1 Å². The number of sulfonamides is 1. The van der Waals surface area contributed by atoms with Crippen LogP contribution in [0.3, 0.4) is 0 Å². The summed E-state index contributed by atoms with van der Waals surface area (Å²) < 4.78 is 28.1. The smallest absolute Gasteiger partial charge is 0.238 e. The van der Waals surface area contributed by atoms with Gasteiger partial charge in [-0.2, -0.15) is 4.31 Å². The van der Waals surface area contributed by atoms with Gasteiger partial charge in [0.1, 0.15) is 0 Å². The minimum atomic E-state index is -3.29. The summed E-state index contributed by atoms with van der Waals surface area (Å²) in [5.41, 5.74) is 2.75. The van der Waals surface area contributed by atoms with Gasteiger partial charge in [0.05, 0.1) is 12.3 Å². The van der Waals surface area contributed by atoms with Gasteiger partial charge < -0.3 is 5.32 Å². The van der Waals surface area contributed by atoms with Crippen LogP contribution in [0.25, 0.3) is 0 Å². The Morgan fingerprint density at radius 3 is 2.22 bits per heavy atom. The Morgan fingerprint density at radius 2 is 1.66 bits per heavy atom. The summed E-state index contributed by atoms with van der Waals surface area (Å²) in [7, 11) is -3.29. The zero-order chi connectivity index (χ0) is 23.7. The van der Waals surface area contributed by atoms with Crippen LogP contribution in [0.1, 0.15) is 64.5 Å². The summed E-state index contributed by atoms with van der Waals surface area (Å²) in [6, 6.07) is 6.02. The Balaban J connectivity index is 1.61. The fourth-order valence-corrected chi connectivity index (χ4v) is 7.60. The molecule has 6 nitrogen and oxygen atoms in total. The zero-order valence-electron chi connectivity index (χ0n) is 20.7. The largest absolute Gasteiger partial charge is 0.324 e. The molecular weight excluding hydrogens is 422 g/mol. The van der Waals surface area contributed by atoms with Crippen molar-refractivity contribution in [2.75, 3.05) is 37.2 Å². The van der Waals surface area contributed by atoms with Crippen molar-refractivity contribution in [3.05, 3.63) is 29.3 Å². The van der Waals surface area contributed by atoms with E-state index in [4.69, 9.17) is 0 Å². The third-order valence-electron chi connectivity index (χ3n) is 7.33. The molecule has 180 valence electrons. The standard InChI is InChI=1S/C25H41N3O3S/c1-19(2)17-32(30,31)28-18-25(11-10-24(28,5)6)12-14-27(15-13-25)16-22(29)26-23-20(3)8-7-9-21(23)4/h7-9,19H,10-18H2,1-6H3,(H,26,29). The molecule has 2 heterocycles. The Hall–Kier alpha value is -1.44. The molecule has 2 aliphatic heterocycles. The minimum absolute atomic E-state index is 0.0178. The fourth-order valence-electron chi connectivity index (χ4n) is 5.27. The number of likely N-dealkylation sites (tertiary alicyclic amines) is 1. The number of para-hydroxylation sites is 1. The maximum absolute atomic E-state index is 13.1. The third-order valence-corrected chi connectivity index (χ3v) is 9.71. The lowest BCUT2D eigenvalue weighted by atomic mass is 9.69. The SMILES string of the molecule is Cc1cccc(C)c1NC(=O)CN1CCC2(CC1)CCC(C)(C)N(S(=O)(=O)CC(C)C)C2. The lowest BCUT2D eigenvalue weighted by Gasteiger charge is -2.53. The first-order valence-electron chi connectivity index (χ1n) is 11.9. The molecular formula is C25H41N3O3S. The van der Waals surface area contributed by atoms with Crippen molar-refractivity contribution >= 4 is 21.6 Å². The van der Waals surface area contributed by atoms with Crippen LogP contribution >= 0.6 is 0 Å². The van der Waals surface area contributed by atoms with Crippen LogP contribution in [-0.4, -0.2) is 61.0 Å². The van der Waals surface area contributed by atoms with Gasteiger partial charge in [0, 0.05) is 17.8 Å². The molecule has 0 unspecified atom stereocenters. The third kappa shape index (κ3) is 5.72. The first-order valence-corrected chi connectivity index (χ1v) is 13.5. The van der Waals surface area contributed by atoms with Crippen molar-refractivity contribution in [1.82, 2.24) is 9.21 Å². The molecule has 0 saturated carbocycles. The Morgan fingerprint density at radius 1 is 1.06 bits per heavy atom. The molecule has 1 aromatic rings. The molecule has 0 aliphatic carbocycles. The zero-order valence-corrected chi connectivity index (χ0v) is 21.5. The number of carbonyl (C=O) groups is 1. The van der Waals surface area contributed by atoms with Crippen LogP contribution < -0.4 is 5.32 Å². The first kappa shape index (κ1) is 25.2. The number of nitrogens with one attached hydrogen (secondary N) is 1. The molecule has 0 radical (unpaired) electrons. The number of aryl methyl sites for hydroxylation is 2. The molecule has 0 aromatic heterocycles. The topological polar surface area (TPSA) is 69.7 Å². The van der Waals surface area contributed by atoms with Crippen molar-refractivity contribution < 1.29 is 13.2 Å². The van der Waals surface area contributed by atoms with Gasteiger partial charge in [-0.3, -0.25) is 9.69 Å². The Labute approximate surface area is 194 Å². The number of nitrogens with zero attached hydrogens (tertiary/aromatic N) is 2. The van der Waals surface area contributed by atoms with Gasteiger partial charge >= 0.3 is 0 Å². The van der Waals surface area contributed by atoms with Crippen molar-refractivity contribution in [2.45, 2.75) is 72.8 Å². The summed E-state index contributed by atoms with van der Waals surface area (Å²) in [5.74, 6) is 0.340. The average Bonchev–Trinajstić information content (AvgIpc) is 2.68. The number of piperidine rings is 2. The number of rotatable bonds is 6. The molecule has 2 fully saturated rings. The second kappa shape index (κ2) is 9.43. The van der Waals surface area contributed by atoms with Crippen molar-refractivity contribution in [1.29, 1.82) is 0 Å². The number of hydrogen-bond acceptors (Lipinski definition) is 4. The van der Waals surface area contributed by atoms with Crippen LogP contribution in [-0.2, 0) is 14.8 Å². The second-order valence-electron chi connectivity index (χ2n) is 11.1. The minimum Gasteiger partial charge on any atom is -0.324 e. The van der Waals surface area contributed by atoms with Crippen molar-refractivity contribution in [2.24, 2.45) is 11.3 Å². The number of anilines is 1. The molecule has 0 atom stereocenters. The highest BCUT2D eigenvalue weighted by Crippen LogP contribution is 2.46. The van der Waals surface area contributed by atoms with E-state index in [0.717, 1.165) is 55.6 Å². The first-order chi connectivity index (χ1) is 14.8. The van der Waals surface area contributed by atoms with E-state index in [-0.39, 0.29) is 28.5 Å². The molecule has 7 heteroatoms. The highest BCUT2D eigenvalue weighted by atomic mass is 32.2. The highest BCUT2D eigenvalue weighted by molar-refractivity contribution is 7.89. The summed E-state index contributed by atoms with van der Waals surface area (Å²) in [5, 5.41) is 3.08. The van der Waals surface area contributed by atoms with Crippen molar-refractivity contribution in [3.63, 3.8) is 0 Å². The van der Waals surface area contributed by atoms with Gasteiger partial charge in [0.25, 0.3) is 0 Å². The quantitative estimate of drug-likeness (QED) is 0.687. The normalized spacial score (nSPS) is 21.7. The summed E-state index contributed by atoms with van der Waals surface area (Å²) >= 11 is 0. The molecule has 2 aliphatic rings. The molecule has 3 rings (SSSR count). The molecule has 0 bridgehead atoms. The monoisotopic (exact) mass is 463 g/mol. The van der Waals surface area contributed by atoms with E-state index in [9.17, 15) is 13.2 Å². The van der Waals surface area contributed by atoms with Crippen LogP contribution in [0.2, 0.25) is 0 Å². The predicted octanol–water partition coefficient (Wildman–Crippen LogP) is 4.18. The number of hydrogen-bond donors (Lipinski definition) is 1. The van der Waals surface area contributed by atoms with Gasteiger partial charge in [0.2, 0.25) is 15.9 Å². The molecule has 1 amide bonds. The Kier molecular flexibility index (Phi) is 7.42. The Bertz CT molecular complexity index is 912.